The van der Waals surface area contributed by atoms with E-state index in [1.54, 1.807) is 0 Å². The summed E-state index contributed by atoms with van der Waals surface area (Å²) < 4.78 is 1.06. The van der Waals surface area contributed by atoms with Gasteiger partial charge in [0, 0.05) is 29.5 Å². The Kier molecular flexibility index (Phi) is 5.26. The molecule has 1 aromatic heterocycles. The first-order chi connectivity index (χ1) is 7.13. The van der Waals surface area contributed by atoms with Crippen molar-refractivity contribution >= 4 is 15.9 Å². The van der Waals surface area contributed by atoms with Gasteiger partial charge in [-0.1, -0.05) is 6.92 Å². The Morgan fingerprint density at radius 1 is 1.40 bits per heavy atom. The third-order valence-corrected chi connectivity index (χ3v) is 2.82. The molecule has 15 heavy (non-hydrogen) atoms. The van der Waals surface area contributed by atoms with Crippen LogP contribution < -0.4 is 0 Å². The van der Waals surface area contributed by atoms with Crippen LogP contribution in [0.2, 0.25) is 0 Å². The molecule has 1 rings (SSSR count). The Balaban J connectivity index is 2.65. The van der Waals surface area contributed by atoms with E-state index in [2.05, 4.69) is 52.7 Å². The maximum atomic E-state index is 4.18. The standard InChI is InChI=1S/C12H19BrN2/c1-4-5-15(10(2)3)9-11-6-12(13)8-14-7-11/h6-8,10H,4-5,9H2,1-3H3. The summed E-state index contributed by atoms with van der Waals surface area (Å²) in [5.74, 6) is 0. The van der Waals surface area contributed by atoms with Crippen molar-refractivity contribution < 1.29 is 0 Å². The molecule has 0 amide bonds. The van der Waals surface area contributed by atoms with Crippen LogP contribution in [0.4, 0.5) is 0 Å². The first-order valence-corrected chi connectivity index (χ1v) is 6.26. The molecule has 0 aromatic carbocycles. The highest BCUT2D eigenvalue weighted by atomic mass is 79.9. The molecule has 0 aliphatic carbocycles. The highest BCUT2D eigenvalue weighted by Gasteiger charge is 2.08. The number of hydrogen-bond acceptors (Lipinski definition) is 2. The van der Waals surface area contributed by atoms with E-state index in [4.69, 9.17) is 0 Å². The fraction of sp³-hybridized carbons (Fsp3) is 0.583. The number of halogens is 1. The molecular formula is C12H19BrN2. The molecule has 0 saturated carbocycles. The molecule has 0 atom stereocenters. The van der Waals surface area contributed by atoms with E-state index >= 15 is 0 Å². The van der Waals surface area contributed by atoms with Gasteiger partial charge in [0.25, 0.3) is 0 Å². The lowest BCUT2D eigenvalue weighted by Crippen LogP contribution is -2.31. The minimum absolute atomic E-state index is 0.587. The molecule has 0 radical (unpaired) electrons. The van der Waals surface area contributed by atoms with Gasteiger partial charge in [-0.15, -0.1) is 0 Å². The molecule has 0 aliphatic rings. The van der Waals surface area contributed by atoms with Crippen LogP contribution in [0.15, 0.2) is 22.9 Å². The predicted octanol–water partition coefficient (Wildman–Crippen LogP) is 3.46. The highest BCUT2D eigenvalue weighted by molar-refractivity contribution is 9.10. The third-order valence-electron chi connectivity index (χ3n) is 2.39. The van der Waals surface area contributed by atoms with Gasteiger partial charge < -0.3 is 0 Å². The third kappa shape index (κ3) is 4.31. The van der Waals surface area contributed by atoms with Gasteiger partial charge in [0.2, 0.25) is 0 Å². The van der Waals surface area contributed by atoms with Gasteiger partial charge >= 0.3 is 0 Å². The summed E-state index contributed by atoms with van der Waals surface area (Å²) in [4.78, 5) is 6.64. The average molecular weight is 271 g/mol. The van der Waals surface area contributed by atoms with Crippen LogP contribution in [0.3, 0.4) is 0 Å². The molecule has 0 spiro atoms. The smallest absolute Gasteiger partial charge is 0.0410 e. The van der Waals surface area contributed by atoms with Crippen LogP contribution in [0, 0.1) is 0 Å². The van der Waals surface area contributed by atoms with E-state index in [0.29, 0.717) is 6.04 Å². The Hall–Kier alpha value is -0.410. The molecule has 3 heteroatoms. The quantitative estimate of drug-likeness (QED) is 0.815. The van der Waals surface area contributed by atoms with Crippen LogP contribution in [-0.2, 0) is 6.54 Å². The summed E-state index contributed by atoms with van der Waals surface area (Å²) in [6, 6.07) is 2.72. The highest BCUT2D eigenvalue weighted by Crippen LogP contribution is 2.13. The van der Waals surface area contributed by atoms with Crippen molar-refractivity contribution in [2.24, 2.45) is 0 Å². The second-order valence-corrected chi connectivity index (χ2v) is 4.99. The number of nitrogens with zero attached hydrogens (tertiary/aromatic N) is 2. The van der Waals surface area contributed by atoms with Crippen molar-refractivity contribution in [3.05, 3.63) is 28.5 Å². The average Bonchev–Trinajstić information content (AvgIpc) is 2.17. The summed E-state index contributed by atoms with van der Waals surface area (Å²) >= 11 is 3.45. The van der Waals surface area contributed by atoms with Crippen LogP contribution in [-0.4, -0.2) is 22.5 Å². The predicted molar refractivity (Wildman–Crippen MR) is 67.8 cm³/mol. The first kappa shape index (κ1) is 12.7. The lowest BCUT2D eigenvalue weighted by atomic mass is 10.2. The topological polar surface area (TPSA) is 16.1 Å². The molecule has 2 nitrogen and oxygen atoms in total. The van der Waals surface area contributed by atoms with Crippen molar-refractivity contribution in [2.75, 3.05) is 6.54 Å². The molecule has 0 unspecified atom stereocenters. The van der Waals surface area contributed by atoms with E-state index in [9.17, 15) is 0 Å². The summed E-state index contributed by atoms with van der Waals surface area (Å²) in [7, 11) is 0. The molecule has 0 saturated heterocycles. The number of rotatable bonds is 5. The molecule has 0 bridgehead atoms. The zero-order valence-electron chi connectivity index (χ0n) is 9.70. The molecule has 84 valence electrons. The number of pyridine rings is 1. The lowest BCUT2D eigenvalue weighted by Gasteiger charge is -2.25. The molecule has 1 heterocycles. The van der Waals surface area contributed by atoms with E-state index in [-0.39, 0.29) is 0 Å². The Morgan fingerprint density at radius 2 is 2.13 bits per heavy atom. The van der Waals surface area contributed by atoms with Crippen molar-refractivity contribution in [2.45, 2.75) is 39.8 Å². The fourth-order valence-electron chi connectivity index (χ4n) is 1.58. The second kappa shape index (κ2) is 6.23. The Labute approximate surface area is 101 Å². The maximum Gasteiger partial charge on any atom is 0.0410 e. The van der Waals surface area contributed by atoms with Gasteiger partial charge in [0.1, 0.15) is 0 Å². The summed E-state index contributed by atoms with van der Waals surface area (Å²) in [6.45, 7) is 8.82. The van der Waals surface area contributed by atoms with Crippen LogP contribution in [0.25, 0.3) is 0 Å². The molecule has 0 N–H and O–H groups in total. The molecule has 0 fully saturated rings. The fourth-order valence-corrected chi connectivity index (χ4v) is 2.00. The van der Waals surface area contributed by atoms with Crippen LogP contribution in [0.5, 0.6) is 0 Å². The minimum atomic E-state index is 0.587. The van der Waals surface area contributed by atoms with Crippen molar-refractivity contribution in [3.8, 4) is 0 Å². The van der Waals surface area contributed by atoms with E-state index in [1.165, 1.54) is 12.0 Å². The van der Waals surface area contributed by atoms with Crippen molar-refractivity contribution in [3.63, 3.8) is 0 Å². The second-order valence-electron chi connectivity index (χ2n) is 4.08. The monoisotopic (exact) mass is 270 g/mol. The SMILES string of the molecule is CCCN(Cc1cncc(Br)c1)C(C)C. The zero-order valence-corrected chi connectivity index (χ0v) is 11.3. The van der Waals surface area contributed by atoms with Gasteiger partial charge in [-0.3, -0.25) is 9.88 Å². The lowest BCUT2D eigenvalue weighted by molar-refractivity contribution is 0.213. The van der Waals surface area contributed by atoms with Crippen LogP contribution in [0.1, 0.15) is 32.8 Å². The Bertz CT molecular complexity index is 299. The molecule has 1 aromatic rings. The molecule has 0 aliphatic heterocycles. The summed E-state index contributed by atoms with van der Waals surface area (Å²) in [5, 5.41) is 0. The van der Waals surface area contributed by atoms with Gasteiger partial charge in [0.15, 0.2) is 0 Å². The van der Waals surface area contributed by atoms with Gasteiger partial charge in [-0.25, -0.2) is 0 Å². The van der Waals surface area contributed by atoms with Crippen molar-refractivity contribution in [1.29, 1.82) is 0 Å². The number of hydrogen-bond donors (Lipinski definition) is 0. The van der Waals surface area contributed by atoms with E-state index in [0.717, 1.165) is 17.6 Å². The Morgan fingerprint density at radius 3 is 2.67 bits per heavy atom. The maximum absolute atomic E-state index is 4.18. The zero-order chi connectivity index (χ0) is 11.3. The molecular weight excluding hydrogens is 252 g/mol. The van der Waals surface area contributed by atoms with E-state index in [1.807, 2.05) is 12.4 Å². The number of aromatic nitrogens is 1. The first-order valence-electron chi connectivity index (χ1n) is 5.47. The minimum Gasteiger partial charge on any atom is -0.297 e. The van der Waals surface area contributed by atoms with Gasteiger partial charge in [-0.2, -0.15) is 0 Å². The van der Waals surface area contributed by atoms with Crippen molar-refractivity contribution in [1.82, 2.24) is 9.88 Å². The summed E-state index contributed by atoms with van der Waals surface area (Å²) in [6.07, 6.45) is 4.96. The van der Waals surface area contributed by atoms with Gasteiger partial charge in [-0.05, 0) is 54.4 Å². The van der Waals surface area contributed by atoms with Crippen LogP contribution >= 0.6 is 15.9 Å². The largest absolute Gasteiger partial charge is 0.297 e. The summed E-state index contributed by atoms with van der Waals surface area (Å²) in [5.41, 5.74) is 1.27. The van der Waals surface area contributed by atoms with Gasteiger partial charge in [0.05, 0.1) is 0 Å². The van der Waals surface area contributed by atoms with E-state index < -0.39 is 0 Å². The normalized spacial score (nSPS) is 11.3.